The summed E-state index contributed by atoms with van der Waals surface area (Å²) in [7, 11) is 0. The zero-order valence-electron chi connectivity index (χ0n) is 9.04. The maximum absolute atomic E-state index is 6.05. The number of hydrogen-bond acceptors (Lipinski definition) is 3. The van der Waals surface area contributed by atoms with Crippen molar-refractivity contribution in [1.82, 2.24) is 0 Å². The standard InChI is InChI=1S/C11H19BrO3/c12-9-11(3-6-13-7-4-11)15-8-10-2-1-5-14-10/h10H,1-9H2. The van der Waals surface area contributed by atoms with Gasteiger partial charge in [-0.1, -0.05) is 15.9 Å². The van der Waals surface area contributed by atoms with Gasteiger partial charge in [0.1, 0.15) is 0 Å². The number of halogens is 1. The first-order valence-corrected chi connectivity index (χ1v) is 6.86. The van der Waals surface area contributed by atoms with Crippen LogP contribution in [-0.2, 0) is 14.2 Å². The van der Waals surface area contributed by atoms with Gasteiger partial charge in [0, 0.05) is 38.0 Å². The van der Waals surface area contributed by atoms with Crippen molar-refractivity contribution in [3.05, 3.63) is 0 Å². The van der Waals surface area contributed by atoms with Crippen LogP contribution in [0.25, 0.3) is 0 Å². The molecule has 0 aromatic carbocycles. The predicted molar refractivity (Wildman–Crippen MR) is 61.5 cm³/mol. The first kappa shape index (κ1) is 11.8. The SMILES string of the molecule is BrCC1(OCC2CCCO2)CCOCC1. The molecule has 0 saturated carbocycles. The van der Waals surface area contributed by atoms with Gasteiger partial charge < -0.3 is 14.2 Å². The zero-order valence-corrected chi connectivity index (χ0v) is 10.6. The van der Waals surface area contributed by atoms with Crippen molar-refractivity contribution >= 4 is 15.9 Å². The Bertz CT molecular complexity index is 186. The van der Waals surface area contributed by atoms with E-state index in [1.807, 2.05) is 0 Å². The summed E-state index contributed by atoms with van der Waals surface area (Å²) >= 11 is 3.56. The van der Waals surface area contributed by atoms with Gasteiger partial charge in [-0.15, -0.1) is 0 Å². The Labute approximate surface area is 99.6 Å². The molecule has 2 heterocycles. The maximum Gasteiger partial charge on any atom is 0.0824 e. The van der Waals surface area contributed by atoms with Crippen LogP contribution in [0.1, 0.15) is 25.7 Å². The second-order valence-electron chi connectivity index (χ2n) is 4.38. The van der Waals surface area contributed by atoms with Gasteiger partial charge in [-0.05, 0) is 12.8 Å². The van der Waals surface area contributed by atoms with Crippen LogP contribution in [0.15, 0.2) is 0 Å². The molecule has 88 valence electrons. The van der Waals surface area contributed by atoms with Crippen molar-refractivity contribution in [2.45, 2.75) is 37.4 Å². The Kier molecular flexibility index (Phi) is 4.43. The molecule has 0 radical (unpaired) electrons. The molecule has 3 nitrogen and oxygen atoms in total. The van der Waals surface area contributed by atoms with E-state index in [1.54, 1.807) is 0 Å². The third-order valence-electron chi connectivity index (χ3n) is 3.25. The van der Waals surface area contributed by atoms with E-state index >= 15 is 0 Å². The number of ether oxygens (including phenoxy) is 3. The zero-order chi connectivity index (χ0) is 10.6. The fraction of sp³-hybridized carbons (Fsp3) is 1.00. The molecule has 2 aliphatic rings. The lowest BCUT2D eigenvalue weighted by molar-refractivity contribution is -0.118. The molecule has 0 aliphatic carbocycles. The minimum absolute atomic E-state index is 0.00972. The molecule has 0 spiro atoms. The third kappa shape index (κ3) is 3.16. The van der Waals surface area contributed by atoms with Gasteiger partial charge in [0.2, 0.25) is 0 Å². The van der Waals surface area contributed by atoms with Crippen molar-refractivity contribution < 1.29 is 14.2 Å². The molecular formula is C11H19BrO3. The molecular weight excluding hydrogens is 260 g/mol. The van der Waals surface area contributed by atoms with E-state index in [9.17, 15) is 0 Å². The molecule has 1 unspecified atom stereocenters. The van der Waals surface area contributed by atoms with Crippen molar-refractivity contribution in [3.8, 4) is 0 Å². The average Bonchev–Trinajstić information content (AvgIpc) is 2.81. The van der Waals surface area contributed by atoms with Crippen LogP contribution in [0.4, 0.5) is 0 Å². The lowest BCUT2D eigenvalue weighted by Crippen LogP contribution is -2.42. The minimum Gasteiger partial charge on any atom is -0.381 e. The van der Waals surface area contributed by atoms with Gasteiger partial charge in [0.05, 0.1) is 18.3 Å². The second kappa shape index (κ2) is 5.62. The van der Waals surface area contributed by atoms with Crippen LogP contribution in [0.2, 0.25) is 0 Å². The molecule has 2 rings (SSSR count). The van der Waals surface area contributed by atoms with Gasteiger partial charge >= 0.3 is 0 Å². The van der Waals surface area contributed by atoms with Crippen molar-refractivity contribution in [1.29, 1.82) is 0 Å². The van der Waals surface area contributed by atoms with Crippen molar-refractivity contribution in [2.75, 3.05) is 31.8 Å². The smallest absolute Gasteiger partial charge is 0.0824 e. The lowest BCUT2D eigenvalue weighted by atomic mass is 9.96. The van der Waals surface area contributed by atoms with E-state index in [4.69, 9.17) is 14.2 Å². The molecule has 2 aliphatic heterocycles. The summed E-state index contributed by atoms with van der Waals surface area (Å²) in [5.41, 5.74) is -0.00972. The third-order valence-corrected chi connectivity index (χ3v) is 4.27. The van der Waals surface area contributed by atoms with Crippen LogP contribution in [0.5, 0.6) is 0 Å². The first-order chi connectivity index (χ1) is 7.35. The van der Waals surface area contributed by atoms with Crippen molar-refractivity contribution in [2.24, 2.45) is 0 Å². The Morgan fingerprint density at radius 3 is 2.67 bits per heavy atom. The Hall–Kier alpha value is 0.360. The molecule has 0 aromatic heterocycles. The van der Waals surface area contributed by atoms with E-state index in [1.165, 1.54) is 6.42 Å². The maximum atomic E-state index is 6.05. The van der Waals surface area contributed by atoms with Crippen LogP contribution < -0.4 is 0 Å². The quantitative estimate of drug-likeness (QED) is 0.738. The molecule has 4 heteroatoms. The highest BCUT2D eigenvalue weighted by Crippen LogP contribution is 2.28. The highest BCUT2D eigenvalue weighted by Gasteiger charge is 2.33. The molecule has 0 aromatic rings. The second-order valence-corrected chi connectivity index (χ2v) is 4.94. The summed E-state index contributed by atoms with van der Waals surface area (Å²) < 4.78 is 17.0. The Morgan fingerprint density at radius 1 is 1.27 bits per heavy atom. The molecule has 2 fully saturated rings. The number of alkyl halides is 1. The van der Waals surface area contributed by atoms with E-state index in [0.717, 1.165) is 51.0 Å². The van der Waals surface area contributed by atoms with Gasteiger partial charge in [-0.25, -0.2) is 0 Å². The minimum atomic E-state index is -0.00972. The summed E-state index contributed by atoms with van der Waals surface area (Å²) in [6, 6.07) is 0. The Morgan fingerprint density at radius 2 is 2.07 bits per heavy atom. The van der Waals surface area contributed by atoms with E-state index in [0.29, 0.717) is 6.10 Å². The fourth-order valence-electron chi connectivity index (χ4n) is 2.11. The summed E-state index contributed by atoms with van der Waals surface area (Å²) in [5, 5.41) is 0.899. The van der Waals surface area contributed by atoms with Crippen molar-refractivity contribution in [3.63, 3.8) is 0 Å². The summed E-state index contributed by atoms with van der Waals surface area (Å²) in [5.74, 6) is 0. The highest BCUT2D eigenvalue weighted by atomic mass is 79.9. The molecule has 0 amide bonds. The molecule has 15 heavy (non-hydrogen) atoms. The van der Waals surface area contributed by atoms with Gasteiger partial charge in [-0.3, -0.25) is 0 Å². The first-order valence-electron chi connectivity index (χ1n) is 5.74. The van der Waals surface area contributed by atoms with E-state index < -0.39 is 0 Å². The van der Waals surface area contributed by atoms with Gasteiger partial charge in [-0.2, -0.15) is 0 Å². The average molecular weight is 279 g/mol. The van der Waals surface area contributed by atoms with Crippen LogP contribution in [-0.4, -0.2) is 43.5 Å². The van der Waals surface area contributed by atoms with E-state index in [-0.39, 0.29) is 5.60 Å². The fourth-order valence-corrected chi connectivity index (χ4v) is 2.83. The largest absolute Gasteiger partial charge is 0.381 e. The van der Waals surface area contributed by atoms with Gasteiger partial charge in [0.15, 0.2) is 0 Å². The Balaban J connectivity index is 1.78. The van der Waals surface area contributed by atoms with Crippen LogP contribution in [0, 0.1) is 0 Å². The van der Waals surface area contributed by atoms with Crippen LogP contribution >= 0.6 is 15.9 Å². The monoisotopic (exact) mass is 278 g/mol. The lowest BCUT2D eigenvalue weighted by Gasteiger charge is -2.36. The number of rotatable bonds is 4. The molecule has 0 bridgehead atoms. The topological polar surface area (TPSA) is 27.7 Å². The molecule has 2 saturated heterocycles. The van der Waals surface area contributed by atoms with Crippen LogP contribution in [0.3, 0.4) is 0 Å². The van der Waals surface area contributed by atoms with E-state index in [2.05, 4.69) is 15.9 Å². The van der Waals surface area contributed by atoms with Gasteiger partial charge in [0.25, 0.3) is 0 Å². The summed E-state index contributed by atoms with van der Waals surface area (Å²) in [6.07, 6.45) is 4.63. The molecule has 0 N–H and O–H groups in total. The predicted octanol–water partition coefficient (Wildman–Crippen LogP) is 2.13. The number of hydrogen-bond donors (Lipinski definition) is 0. The summed E-state index contributed by atoms with van der Waals surface area (Å²) in [6.45, 7) is 3.28. The summed E-state index contributed by atoms with van der Waals surface area (Å²) in [4.78, 5) is 0. The highest BCUT2D eigenvalue weighted by molar-refractivity contribution is 9.09. The molecule has 1 atom stereocenters. The normalized spacial score (nSPS) is 30.6.